The zero-order valence-electron chi connectivity index (χ0n) is 35.6. The predicted molar refractivity (Wildman–Crippen MR) is 225 cm³/mol. The molecular formula is C42H58N6O13S. The Labute approximate surface area is 363 Å². The van der Waals surface area contributed by atoms with Gasteiger partial charge in [0.1, 0.15) is 36.5 Å². The van der Waals surface area contributed by atoms with Gasteiger partial charge in [-0.2, -0.15) is 0 Å². The molecule has 1 heterocycles. The van der Waals surface area contributed by atoms with Crippen LogP contribution in [0.5, 0.6) is 0 Å². The largest absolute Gasteiger partial charge is 0.481 e. The quantitative estimate of drug-likeness (QED) is 0.0602. The Morgan fingerprint density at radius 3 is 1.77 bits per heavy atom. The number of carboxylic acids is 3. The minimum absolute atomic E-state index is 0.0865. The summed E-state index contributed by atoms with van der Waals surface area (Å²) in [6.45, 7) is 10.4. The number of aryl methyl sites for hydroxylation is 1. The molecule has 0 spiro atoms. The fourth-order valence-electron chi connectivity index (χ4n) is 6.16. The Morgan fingerprint density at radius 2 is 1.23 bits per heavy atom. The van der Waals surface area contributed by atoms with Crippen molar-refractivity contribution in [3.63, 3.8) is 0 Å². The molecule has 6 atom stereocenters. The highest BCUT2D eigenvalue weighted by atomic mass is 32.1. The zero-order valence-corrected chi connectivity index (χ0v) is 36.5. The highest BCUT2D eigenvalue weighted by Gasteiger charge is 2.38. The van der Waals surface area contributed by atoms with E-state index in [1.54, 1.807) is 52.0 Å². The average Bonchev–Trinajstić information content (AvgIpc) is 3.69. The van der Waals surface area contributed by atoms with Crippen LogP contribution in [-0.4, -0.2) is 111 Å². The molecule has 6 amide bonds. The van der Waals surface area contributed by atoms with E-state index in [0.717, 1.165) is 10.4 Å². The average molecular weight is 887 g/mol. The Kier molecular flexibility index (Phi) is 20.9. The monoisotopic (exact) mass is 886 g/mol. The van der Waals surface area contributed by atoms with Gasteiger partial charge in [-0.3, -0.25) is 43.2 Å². The first-order chi connectivity index (χ1) is 29.0. The van der Waals surface area contributed by atoms with Crippen molar-refractivity contribution in [2.45, 2.75) is 129 Å². The van der Waals surface area contributed by atoms with Crippen LogP contribution in [0.2, 0.25) is 0 Å². The maximum atomic E-state index is 14.3. The van der Waals surface area contributed by atoms with Crippen LogP contribution < -0.4 is 31.9 Å². The first kappa shape index (κ1) is 52.0. The fraction of sp³-hybridized carbons (Fsp3) is 0.524. The molecule has 1 unspecified atom stereocenters. The van der Waals surface area contributed by atoms with Gasteiger partial charge in [0.15, 0.2) is 0 Å². The van der Waals surface area contributed by atoms with Crippen molar-refractivity contribution < 1.29 is 63.3 Å². The number of thiophene rings is 1. The third-order valence-corrected chi connectivity index (χ3v) is 10.3. The molecule has 2 rings (SSSR count). The number of amides is 6. The number of carboxylic acid groups (broad SMARTS) is 3. The lowest BCUT2D eigenvalue weighted by Gasteiger charge is -2.33. The molecule has 62 heavy (non-hydrogen) atoms. The normalized spacial score (nSPS) is 14.1. The molecule has 0 aliphatic rings. The van der Waals surface area contributed by atoms with Crippen molar-refractivity contribution >= 4 is 71.0 Å². The van der Waals surface area contributed by atoms with Crippen molar-refractivity contribution in [2.24, 2.45) is 11.3 Å². The van der Waals surface area contributed by atoms with Crippen LogP contribution in [0.25, 0.3) is 0 Å². The maximum Gasteiger partial charge on any atom is 0.305 e. The molecule has 340 valence electrons. The molecule has 19 nitrogen and oxygen atoms in total. The summed E-state index contributed by atoms with van der Waals surface area (Å²) in [5.74, 6) is -9.73. The minimum Gasteiger partial charge on any atom is -0.481 e. The first-order valence-electron chi connectivity index (χ1n) is 20.0. The van der Waals surface area contributed by atoms with Crippen LogP contribution in [0.1, 0.15) is 89.1 Å². The van der Waals surface area contributed by atoms with E-state index in [2.05, 4.69) is 31.9 Å². The highest BCUT2D eigenvalue weighted by molar-refractivity contribution is 7.09. The first-order valence-corrected chi connectivity index (χ1v) is 20.9. The number of nitrogens with one attached hydrogen (secondary N) is 6. The van der Waals surface area contributed by atoms with Gasteiger partial charge < -0.3 is 52.0 Å². The molecule has 0 saturated heterocycles. The molecule has 0 bridgehead atoms. The van der Waals surface area contributed by atoms with Gasteiger partial charge in [-0.05, 0) is 53.7 Å². The Bertz CT molecular complexity index is 1910. The molecule has 9 N–H and O–H groups in total. The number of benzene rings is 1. The summed E-state index contributed by atoms with van der Waals surface area (Å²) in [7, 11) is 0. The van der Waals surface area contributed by atoms with Gasteiger partial charge in [-0.15, -0.1) is 11.3 Å². The summed E-state index contributed by atoms with van der Waals surface area (Å²) in [5, 5.41) is 44.7. The van der Waals surface area contributed by atoms with Crippen molar-refractivity contribution in [2.75, 3.05) is 0 Å². The number of hydrogen-bond donors (Lipinski definition) is 9. The molecule has 1 aromatic heterocycles. The molecule has 0 aliphatic carbocycles. The number of aldehydes is 1. The summed E-state index contributed by atoms with van der Waals surface area (Å²) in [6.07, 6.45) is -2.50. The maximum absolute atomic E-state index is 14.3. The Morgan fingerprint density at radius 1 is 0.645 bits per heavy atom. The number of aliphatic carboxylic acids is 3. The van der Waals surface area contributed by atoms with Gasteiger partial charge in [0.2, 0.25) is 35.4 Å². The second-order valence-corrected chi connectivity index (χ2v) is 17.4. The lowest BCUT2D eigenvalue weighted by Crippen LogP contribution is -2.62. The second kappa shape index (κ2) is 24.9. The topological polar surface area (TPSA) is 304 Å². The van der Waals surface area contributed by atoms with Crippen LogP contribution in [-0.2, 0) is 60.8 Å². The summed E-state index contributed by atoms with van der Waals surface area (Å²) in [5.41, 5.74) is 0.333. The van der Waals surface area contributed by atoms with Crippen LogP contribution in [0.15, 0.2) is 41.8 Å². The van der Waals surface area contributed by atoms with Crippen LogP contribution in [0.3, 0.4) is 0 Å². The van der Waals surface area contributed by atoms with E-state index in [-0.39, 0.29) is 25.2 Å². The summed E-state index contributed by atoms with van der Waals surface area (Å²) < 4.78 is 0. The zero-order chi connectivity index (χ0) is 46.7. The molecule has 2 aromatic rings. The van der Waals surface area contributed by atoms with E-state index in [1.165, 1.54) is 11.3 Å². The van der Waals surface area contributed by atoms with Gasteiger partial charge >= 0.3 is 17.9 Å². The Hall–Kier alpha value is -6.18. The number of hydrogen-bond acceptors (Lipinski definition) is 11. The Balaban J connectivity index is 2.45. The van der Waals surface area contributed by atoms with Gasteiger partial charge in [0.25, 0.3) is 0 Å². The van der Waals surface area contributed by atoms with Crippen molar-refractivity contribution in [1.82, 2.24) is 31.9 Å². The number of carbonyl (C=O) groups excluding carboxylic acids is 7. The second-order valence-electron chi connectivity index (χ2n) is 16.3. The van der Waals surface area contributed by atoms with Gasteiger partial charge in [-0.25, -0.2) is 0 Å². The van der Waals surface area contributed by atoms with Gasteiger partial charge in [0, 0.05) is 30.6 Å². The molecule has 0 fully saturated rings. The van der Waals surface area contributed by atoms with Gasteiger partial charge in [0.05, 0.1) is 18.9 Å². The summed E-state index contributed by atoms with van der Waals surface area (Å²) in [4.78, 5) is 128. The molecule has 1 aromatic carbocycles. The van der Waals surface area contributed by atoms with Gasteiger partial charge in [-0.1, -0.05) is 65.0 Å². The summed E-state index contributed by atoms with van der Waals surface area (Å²) >= 11 is 1.42. The van der Waals surface area contributed by atoms with Crippen molar-refractivity contribution in [1.29, 1.82) is 0 Å². The van der Waals surface area contributed by atoms with E-state index in [1.807, 2.05) is 31.4 Å². The van der Waals surface area contributed by atoms with Crippen molar-refractivity contribution in [3.05, 3.63) is 57.8 Å². The summed E-state index contributed by atoms with van der Waals surface area (Å²) in [6, 6.07) is 2.31. The van der Waals surface area contributed by atoms with E-state index >= 15 is 0 Å². The van der Waals surface area contributed by atoms with E-state index in [4.69, 9.17) is 5.11 Å². The van der Waals surface area contributed by atoms with Crippen molar-refractivity contribution in [3.8, 4) is 0 Å². The highest BCUT2D eigenvalue weighted by Crippen LogP contribution is 2.21. The van der Waals surface area contributed by atoms with E-state index in [0.29, 0.717) is 11.8 Å². The van der Waals surface area contributed by atoms with E-state index in [9.17, 15) is 58.2 Å². The molecule has 0 radical (unpaired) electrons. The smallest absolute Gasteiger partial charge is 0.305 e. The minimum atomic E-state index is -1.79. The molecule has 20 heteroatoms. The predicted octanol–water partition coefficient (Wildman–Crippen LogP) is 1.25. The standard InChI is InChI=1S/C42H58N6O13S/c1-23(2)18-29(38(58)43-26(22-49)20-27-12-9-17-62-27)47-41(61)36(42(4,5)6)48-40(60)30(19-25-11-8-7-10-24(25)3)46-37(57)28(13-15-33(51)52)45-39(59)31(21-35(55)56)44-32(50)14-16-34(53)54/h7-12,17,22-23,26,28-31,36H,13-16,18-21H2,1-6H3,(H,43,58)(H,44,50)(H,45,59)(H,46,57)(H,47,61)(H,48,60)(H,51,52)(H,53,54)(H,55,56)/t26?,28-,29-,30-,31-,36+/m0/s1. The van der Waals surface area contributed by atoms with Crippen LogP contribution in [0, 0.1) is 18.3 Å². The molecule has 0 saturated carbocycles. The van der Waals surface area contributed by atoms with Crippen LogP contribution >= 0.6 is 11.3 Å². The SMILES string of the molecule is Cc1ccccc1C[C@H](NC(=O)[C@H](CCC(=O)O)NC(=O)[C@H](CC(=O)O)NC(=O)CCC(=O)O)C(=O)N[C@H](C(=O)N[C@@H](CC(C)C)C(=O)NC(C=O)Cc1cccs1)C(C)(C)C. The lowest BCUT2D eigenvalue weighted by atomic mass is 9.85. The molecular weight excluding hydrogens is 829 g/mol. The van der Waals surface area contributed by atoms with E-state index < -0.39 is 127 Å². The lowest BCUT2D eigenvalue weighted by molar-refractivity contribution is -0.142. The fourth-order valence-corrected chi connectivity index (χ4v) is 6.92. The molecule has 0 aliphatic heterocycles. The number of carbonyl (C=O) groups is 10. The third-order valence-electron chi connectivity index (χ3n) is 9.44. The number of rotatable bonds is 26. The third kappa shape index (κ3) is 18.6. The van der Waals surface area contributed by atoms with Crippen LogP contribution in [0.4, 0.5) is 0 Å².